The van der Waals surface area contributed by atoms with Crippen molar-refractivity contribution in [3.05, 3.63) is 22.8 Å². The summed E-state index contributed by atoms with van der Waals surface area (Å²) in [6, 6.07) is 1.76. The summed E-state index contributed by atoms with van der Waals surface area (Å²) in [6.45, 7) is 3.55. The van der Waals surface area contributed by atoms with E-state index in [1.165, 1.54) is 0 Å². The molecule has 0 atom stereocenters. The van der Waals surface area contributed by atoms with Gasteiger partial charge in [0.1, 0.15) is 5.75 Å². The lowest BCUT2D eigenvalue weighted by molar-refractivity contribution is 0.408. The van der Waals surface area contributed by atoms with E-state index < -0.39 is 10.0 Å². The van der Waals surface area contributed by atoms with E-state index >= 15 is 0 Å². The number of aryl methyl sites for hydroxylation is 1. The number of sulfonamides is 1. The first-order valence-electron chi connectivity index (χ1n) is 5.57. The van der Waals surface area contributed by atoms with Gasteiger partial charge in [0, 0.05) is 5.56 Å². The molecule has 0 spiro atoms. The van der Waals surface area contributed by atoms with E-state index in [0.29, 0.717) is 11.5 Å². The molecule has 1 aromatic carbocycles. The maximum Gasteiger partial charge on any atom is 0.238 e. The molecule has 5 heteroatoms. The van der Waals surface area contributed by atoms with Crippen LogP contribution < -0.4 is 9.88 Å². The normalized spacial score (nSPS) is 16.0. The standard InChI is InChI=1S/C12H17NO3S/c1-7-6-10(16-3)11(9-4-5-9)8(2)12(7)17(13,14)15/h6,9H,4-5H2,1-3H3,(H2,13,14,15). The lowest BCUT2D eigenvalue weighted by atomic mass is 10.0. The molecule has 94 valence electrons. The Morgan fingerprint density at radius 1 is 1.35 bits per heavy atom. The van der Waals surface area contributed by atoms with Gasteiger partial charge < -0.3 is 4.74 Å². The number of nitrogens with two attached hydrogens (primary N) is 1. The number of hydrogen-bond acceptors (Lipinski definition) is 3. The van der Waals surface area contributed by atoms with Crippen LogP contribution in [0.25, 0.3) is 0 Å². The number of benzene rings is 1. The van der Waals surface area contributed by atoms with Crippen LogP contribution in [-0.4, -0.2) is 15.5 Å². The molecule has 1 aromatic rings. The highest BCUT2D eigenvalue weighted by Gasteiger charge is 2.31. The van der Waals surface area contributed by atoms with Crippen LogP contribution in [0.15, 0.2) is 11.0 Å². The highest BCUT2D eigenvalue weighted by molar-refractivity contribution is 7.89. The fourth-order valence-corrected chi connectivity index (χ4v) is 3.47. The molecule has 1 fully saturated rings. The molecule has 1 aliphatic carbocycles. The van der Waals surface area contributed by atoms with Crippen LogP contribution in [0.1, 0.15) is 35.4 Å². The molecule has 0 bridgehead atoms. The number of ether oxygens (including phenoxy) is 1. The van der Waals surface area contributed by atoms with Crippen molar-refractivity contribution in [3.8, 4) is 5.75 Å². The summed E-state index contributed by atoms with van der Waals surface area (Å²) in [4.78, 5) is 0.250. The molecule has 1 aliphatic rings. The summed E-state index contributed by atoms with van der Waals surface area (Å²) in [5.74, 6) is 1.20. The Hall–Kier alpha value is -1.07. The Balaban J connectivity index is 2.74. The van der Waals surface area contributed by atoms with Gasteiger partial charge in [0.2, 0.25) is 10.0 Å². The highest BCUT2D eigenvalue weighted by Crippen LogP contribution is 2.47. The maximum absolute atomic E-state index is 11.6. The highest BCUT2D eigenvalue weighted by atomic mass is 32.2. The minimum Gasteiger partial charge on any atom is -0.496 e. The maximum atomic E-state index is 11.6. The van der Waals surface area contributed by atoms with Crippen molar-refractivity contribution in [1.29, 1.82) is 0 Å². The average Bonchev–Trinajstić information content (AvgIpc) is 2.98. The summed E-state index contributed by atoms with van der Waals surface area (Å²) >= 11 is 0. The zero-order valence-electron chi connectivity index (χ0n) is 10.3. The van der Waals surface area contributed by atoms with Crippen molar-refractivity contribution < 1.29 is 13.2 Å². The minimum atomic E-state index is -3.67. The first kappa shape index (κ1) is 12.4. The summed E-state index contributed by atoms with van der Waals surface area (Å²) in [7, 11) is -2.07. The van der Waals surface area contributed by atoms with Crippen molar-refractivity contribution >= 4 is 10.0 Å². The van der Waals surface area contributed by atoms with Gasteiger partial charge in [-0.25, -0.2) is 13.6 Å². The van der Waals surface area contributed by atoms with E-state index in [2.05, 4.69) is 0 Å². The van der Waals surface area contributed by atoms with Gasteiger partial charge in [-0.1, -0.05) is 0 Å². The molecular formula is C12H17NO3S. The third-order valence-corrected chi connectivity index (χ3v) is 4.40. The summed E-state index contributed by atoms with van der Waals surface area (Å²) in [5, 5.41) is 5.27. The molecule has 2 rings (SSSR count). The second-order valence-electron chi connectivity index (χ2n) is 4.58. The van der Waals surface area contributed by atoms with Crippen molar-refractivity contribution in [3.63, 3.8) is 0 Å². The molecule has 17 heavy (non-hydrogen) atoms. The predicted octanol–water partition coefficient (Wildman–Crippen LogP) is 1.84. The fraction of sp³-hybridized carbons (Fsp3) is 0.500. The Bertz CT molecular complexity index is 560. The van der Waals surface area contributed by atoms with Crippen molar-refractivity contribution in [1.82, 2.24) is 0 Å². The van der Waals surface area contributed by atoms with E-state index in [-0.39, 0.29) is 4.90 Å². The van der Waals surface area contributed by atoms with Gasteiger partial charge in [0.05, 0.1) is 12.0 Å². The summed E-state index contributed by atoms with van der Waals surface area (Å²) in [5.41, 5.74) is 2.39. The van der Waals surface area contributed by atoms with E-state index in [1.54, 1.807) is 20.1 Å². The number of primary sulfonamides is 1. The quantitative estimate of drug-likeness (QED) is 0.896. The van der Waals surface area contributed by atoms with Crippen LogP contribution in [0.3, 0.4) is 0 Å². The zero-order chi connectivity index (χ0) is 12.8. The molecule has 0 aromatic heterocycles. The Morgan fingerprint density at radius 2 is 1.94 bits per heavy atom. The first-order chi connectivity index (χ1) is 7.86. The smallest absolute Gasteiger partial charge is 0.238 e. The van der Waals surface area contributed by atoms with Crippen molar-refractivity contribution in [2.45, 2.75) is 37.5 Å². The Labute approximate surface area is 102 Å². The van der Waals surface area contributed by atoms with E-state index in [1.807, 2.05) is 6.92 Å². The largest absolute Gasteiger partial charge is 0.496 e. The van der Waals surface area contributed by atoms with Crippen molar-refractivity contribution in [2.24, 2.45) is 5.14 Å². The minimum absolute atomic E-state index is 0.250. The van der Waals surface area contributed by atoms with Crippen LogP contribution in [0.4, 0.5) is 0 Å². The van der Waals surface area contributed by atoms with Crippen LogP contribution in [0.5, 0.6) is 5.75 Å². The van der Waals surface area contributed by atoms with Gasteiger partial charge in [0.25, 0.3) is 0 Å². The SMILES string of the molecule is COc1cc(C)c(S(N)(=O)=O)c(C)c1C1CC1. The molecule has 0 unspecified atom stereocenters. The number of rotatable bonds is 3. The Kier molecular flexibility index (Phi) is 2.91. The van der Waals surface area contributed by atoms with Gasteiger partial charge in [0.15, 0.2) is 0 Å². The third kappa shape index (κ3) is 2.17. The van der Waals surface area contributed by atoms with Crippen LogP contribution in [0.2, 0.25) is 0 Å². The molecule has 4 nitrogen and oxygen atoms in total. The molecule has 2 N–H and O–H groups in total. The first-order valence-corrected chi connectivity index (χ1v) is 7.11. The third-order valence-electron chi connectivity index (χ3n) is 3.21. The monoisotopic (exact) mass is 255 g/mol. The Morgan fingerprint density at radius 3 is 2.35 bits per heavy atom. The van der Waals surface area contributed by atoms with Gasteiger partial charge >= 0.3 is 0 Å². The second-order valence-corrected chi connectivity index (χ2v) is 6.08. The lowest BCUT2D eigenvalue weighted by Gasteiger charge is -2.16. The van der Waals surface area contributed by atoms with Crippen LogP contribution in [-0.2, 0) is 10.0 Å². The molecule has 0 aliphatic heterocycles. The molecule has 0 heterocycles. The van der Waals surface area contributed by atoms with Crippen LogP contribution >= 0.6 is 0 Å². The molecule has 0 radical (unpaired) electrons. The number of methoxy groups -OCH3 is 1. The molecule has 1 saturated carbocycles. The van der Waals surface area contributed by atoms with E-state index in [0.717, 1.165) is 29.7 Å². The van der Waals surface area contributed by atoms with Gasteiger partial charge in [-0.15, -0.1) is 0 Å². The van der Waals surface area contributed by atoms with E-state index in [9.17, 15) is 8.42 Å². The van der Waals surface area contributed by atoms with E-state index in [4.69, 9.17) is 9.88 Å². The summed E-state index contributed by atoms with van der Waals surface area (Å²) in [6.07, 6.45) is 2.18. The zero-order valence-corrected chi connectivity index (χ0v) is 11.1. The summed E-state index contributed by atoms with van der Waals surface area (Å²) < 4.78 is 28.6. The fourth-order valence-electron chi connectivity index (χ4n) is 2.43. The van der Waals surface area contributed by atoms with Crippen molar-refractivity contribution in [2.75, 3.05) is 7.11 Å². The molecule has 0 saturated heterocycles. The van der Waals surface area contributed by atoms with Gasteiger partial charge in [-0.3, -0.25) is 0 Å². The molecule has 0 amide bonds. The lowest BCUT2D eigenvalue weighted by Crippen LogP contribution is -2.16. The molecular weight excluding hydrogens is 238 g/mol. The van der Waals surface area contributed by atoms with Crippen LogP contribution in [0, 0.1) is 13.8 Å². The second kappa shape index (κ2) is 3.99. The number of hydrogen-bond donors (Lipinski definition) is 1. The average molecular weight is 255 g/mol. The predicted molar refractivity (Wildman–Crippen MR) is 65.8 cm³/mol. The van der Waals surface area contributed by atoms with Gasteiger partial charge in [-0.2, -0.15) is 0 Å². The van der Waals surface area contributed by atoms with Gasteiger partial charge in [-0.05, 0) is 49.8 Å². The topological polar surface area (TPSA) is 69.4 Å².